The first-order valence-corrected chi connectivity index (χ1v) is 4.58. The third-order valence-corrected chi connectivity index (χ3v) is 2.19. The maximum Gasteiger partial charge on any atom is 0.278 e. The minimum atomic E-state index is -1.75. The molecule has 8 heteroatoms. The lowest BCUT2D eigenvalue weighted by Gasteiger charge is -2.16. The van der Waals surface area contributed by atoms with Gasteiger partial charge in [0.25, 0.3) is 5.69 Å². The molecule has 0 fully saturated rings. The first kappa shape index (κ1) is 13.4. The molecule has 0 aliphatic heterocycles. The largest absolute Gasteiger partial charge is 0.389 e. The number of aliphatic hydroxyl groups excluding tert-OH is 2. The molecule has 1 rings (SSSR count). The van der Waals surface area contributed by atoms with Gasteiger partial charge >= 0.3 is 0 Å². The Morgan fingerprint density at radius 3 is 2.35 bits per heavy atom. The molecule has 1 aromatic carbocycles. The number of hydrogen-bond acceptors (Lipinski definition) is 5. The third-order valence-electron chi connectivity index (χ3n) is 2.19. The highest BCUT2D eigenvalue weighted by atomic mass is 19.2. The first-order chi connectivity index (χ1) is 7.88. The van der Waals surface area contributed by atoms with E-state index in [1.165, 1.54) is 0 Å². The Bertz CT molecular complexity index is 441. The van der Waals surface area contributed by atoms with Crippen molar-refractivity contribution in [3.8, 4) is 0 Å². The molecule has 0 radical (unpaired) electrons. The van der Waals surface area contributed by atoms with E-state index in [-0.39, 0.29) is 6.54 Å². The first-order valence-electron chi connectivity index (χ1n) is 4.58. The van der Waals surface area contributed by atoms with Crippen LogP contribution in [0, 0.1) is 21.7 Å². The number of benzene rings is 1. The number of halogens is 2. The molecular weight excluding hydrogens is 238 g/mol. The predicted octanol–water partition coefficient (Wildman–Crippen LogP) is 0.226. The number of nitrogens with two attached hydrogens (primary N) is 1. The number of aliphatic hydroxyl groups is 2. The third kappa shape index (κ3) is 2.73. The van der Waals surface area contributed by atoms with Crippen LogP contribution in [0.5, 0.6) is 0 Å². The van der Waals surface area contributed by atoms with Gasteiger partial charge in [0, 0.05) is 6.54 Å². The van der Waals surface area contributed by atoms with Crippen LogP contribution in [0.2, 0.25) is 0 Å². The Labute approximate surface area is 94.4 Å². The summed E-state index contributed by atoms with van der Waals surface area (Å²) in [5.74, 6) is -2.76. The van der Waals surface area contributed by atoms with Crippen LogP contribution >= 0.6 is 0 Å². The van der Waals surface area contributed by atoms with E-state index in [0.717, 1.165) is 0 Å². The Hall–Kier alpha value is -1.64. The Morgan fingerprint density at radius 2 is 1.88 bits per heavy atom. The van der Waals surface area contributed by atoms with Crippen LogP contribution in [0.1, 0.15) is 11.7 Å². The molecule has 0 aliphatic rings. The van der Waals surface area contributed by atoms with Crippen molar-refractivity contribution in [2.24, 2.45) is 5.73 Å². The van der Waals surface area contributed by atoms with Gasteiger partial charge in [0.2, 0.25) is 0 Å². The standard InChI is InChI=1S/C9H10F2N2O4/c10-5-1-4(9(15)8(14)3-12)7(13(16)17)2-6(5)11/h1-2,8-9,14-15H,3,12H2. The maximum absolute atomic E-state index is 12.9. The van der Waals surface area contributed by atoms with Gasteiger partial charge in [0.05, 0.1) is 22.7 Å². The van der Waals surface area contributed by atoms with Crippen molar-refractivity contribution in [1.82, 2.24) is 0 Å². The van der Waals surface area contributed by atoms with Gasteiger partial charge in [-0.05, 0) is 6.07 Å². The average Bonchev–Trinajstić information content (AvgIpc) is 2.29. The van der Waals surface area contributed by atoms with E-state index in [2.05, 4.69) is 0 Å². The van der Waals surface area contributed by atoms with E-state index in [4.69, 9.17) is 5.73 Å². The summed E-state index contributed by atoms with van der Waals surface area (Å²) >= 11 is 0. The van der Waals surface area contributed by atoms with Gasteiger partial charge in [-0.15, -0.1) is 0 Å². The van der Waals surface area contributed by atoms with Crippen LogP contribution in [-0.2, 0) is 0 Å². The van der Waals surface area contributed by atoms with Gasteiger partial charge in [-0.1, -0.05) is 0 Å². The van der Waals surface area contributed by atoms with Gasteiger partial charge in [-0.2, -0.15) is 0 Å². The summed E-state index contributed by atoms with van der Waals surface area (Å²) in [5.41, 5.74) is 3.72. The van der Waals surface area contributed by atoms with Gasteiger partial charge in [0.15, 0.2) is 11.6 Å². The molecule has 0 saturated carbocycles. The molecule has 1 aromatic rings. The van der Waals surface area contributed by atoms with Crippen LogP contribution in [0.4, 0.5) is 14.5 Å². The van der Waals surface area contributed by atoms with Crippen molar-refractivity contribution in [2.45, 2.75) is 12.2 Å². The quantitative estimate of drug-likeness (QED) is 0.521. The highest BCUT2D eigenvalue weighted by molar-refractivity contribution is 5.43. The van der Waals surface area contributed by atoms with Crippen molar-refractivity contribution in [2.75, 3.05) is 6.54 Å². The number of hydrogen-bond donors (Lipinski definition) is 3. The molecule has 0 amide bonds. The summed E-state index contributed by atoms with van der Waals surface area (Å²) in [6, 6.07) is 0.814. The molecule has 4 N–H and O–H groups in total. The lowest BCUT2D eigenvalue weighted by atomic mass is 10.0. The lowest BCUT2D eigenvalue weighted by molar-refractivity contribution is -0.386. The number of nitro groups is 1. The summed E-state index contributed by atoms with van der Waals surface area (Å²) in [7, 11) is 0. The van der Waals surface area contributed by atoms with E-state index in [1.54, 1.807) is 0 Å². The molecule has 6 nitrogen and oxygen atoms in total. The second-order valence-corrected chi connectivity index (χ2v) is 3.33. The molecular formula is C9H10F2N2O4. The summed E-state index contributed by atoms with van der Waals surface area (Å²) in [6.07, 6.45) is -3.26. The van der Waals surface area contributed by atoms with Gasteiger partial charge in [-0.3, -0.25) is 10.1 Å². The molecule has 0 aliphatic carbocycles. The molecule has 0 heterocycles. The Kier molecular flexibility index (Phi) is 4.05. The van der Waals surface area contributed by atoms with Crippen LogP contribution < -0.4 is 5.73 Å². The van der Waals surface area contributed by atoms with Crippen LogP contribution in [0.3, 0.4) is 0 Å². The molecule has 94 valence electrons. The Balaban J connectivity index is 3.30. The zero-order chi connectivity index (χ0) is 13.2. The molecule has 2 unspecified atom stereocenters. The number of nitro benzene ring substituents is 1. The highest BCUT2D eigenvalue weighted by Gasteiger charge is 2.27. The van der Waals surface area contributed by atoms with Crippen molar-refractivity contribution >= 4 is 5.69 Å². The fourth-order valence-corrected chi connectivity index (χ4v) is 1.28. The minimum Gasteiger partial charge on any atom is -0.389 e. The second kappa shape index (κ2) is 5.13. The number of nitrogens with zero attached hydrogens (tertiary/aromatic N) is 1. The fourth-order valence-electron chi connectivity index (χ4n) is 1.28. The molecule has 17 heavy (non-hydrogen) atoms. The molecule has 0 bridgehead atoms. The zero-order valence-corrected chi connectivity index (χ0v) is 8.51. The SMILES string of the molecule is NCC(O)C(O)c1cc(F)c(F)cc1[N+](=O)[O-]. The van der Waals surface area contributed by atoms with Gasteiger partial charge < -0.3 is 15.9 Å². The second-order valence-electron chi connectivity index (χ2n) is 3.33. The highest BCUT2D eigenvalue weighted by Crippen LogP contribution is 2.29. The fraction of sp³-hybridized carbons (Fsp3) is 0.333. The van der Waals surface area contributed by atoms with E-state index in [0.29, 0.717) is 12.1 Å². The molecule has 0 spiro atoms. The van der Waals surface area contributed by atoms with Crippen molar-refractivity contribution in [3.63, 3.8) is 0 Å². The number of rotatable bonds is 4. The van der Waals surface area contributed by atoms with E-state index < -0.39 is 40.0 Å². The summed E-state index contributed by atoms with van der Waals surface area (Å²) in [4.78, 5) is 9.61. The molecule has 2 atom stereocenters. The maximum atomic E-state index is 12.9. The molecule has 0 saturated heterocycles. The summed E-state index contributed by atoms with van der Waals surface area (Å²) in [6.45, 7) is -0.378. The monoisotopic (exact) mass is 248 g/mol. The smallest absolute Gasteiger partial charge is 0.278 e. The molecule has 0 aromatic heterocycles. The van der Waals surface area contributed by atoms with E-state index in [9.17, 15) is 29.1 Å². The van der Waals surface area contributed by atoms with Crippen LogP contribution in [-0.4, -0.2) is 27.8 Å². The predicted molar refractivity (Wildman–Crippen MR) is 53.0 cm³/mol. The van der Waals surface area contributed by atoms with Crippen LogP contribution in [0.25, 0.3) is 0 Å². The van der Waals surface area contributed by atoms with Gasteiger partial charge in [-0.25, -0.2) is 8.78 Å². The zero-order valence-electron chi connectivity index (χ0n) is 8.51. The average molecular weight is 248 g/mol. The topological polar surface area (TPSA) is 110 Å². The van der Waals surface area contributed by atoms with Gasteiger partial charge in [0.1, 0.15) is 6.10 Å². The Morgan fingerprint density at radius 1 is 1.35 bits per heavy atom. The van der Waals surface area contributed by atoms with Crippen molar-refractivity contribution in [1.29, 1.82) is 0 Å². The summed E-state index contributed by atoms with van der Waals surface area (Å²) < 4.78 is 25.7. The van der Waals surface area contributed by atoms with E-state index >= 15 is 0 Å². The lowest BCUT2D eigenvalue weighted by Crippen LogP contribution is -2.27. The normalized spacial score (nSPS) is 14.4. The van der Waals surface area contributed by atoms with Crippen molar-refractivity contribution in [3.05, 3.63) is 39.4 Å². The summed E-state index contributed by atoms with van der Waals surface area (Å²) in [5, 5.41) is 29.3. The van der Waals surface area contributed by atoms with Crippen molar-refractivity contribution < 1.29 is 23.9 Å². The van der Waals surface area contributed by atoms with Crippen LogP contribution in [0.15, 0.2) is 12.1 Å². The minimum absolute atomic E-state index is 0.344. The van der Waals surface area contributed by atoms with E-state index in [1.807, 2.05) is 0 Å².